The van der Waals surface area contributed by atoms with Crippen molar-refractivity contribution in [2.45, 2.75) is 19.4 Å². The summed E-state index contributed by atoms with van der Waals surface area (Å²) in [6.45, 7) is 2.12. The summed E-state index contributed by atoms with van der Waals surface area (Å²) in [5.74, 6) is -1.40. The largest absolute Gasteiger partial charge is 0.478 e. The molecule has 0 amide bonds. The number of hydrogen-bond acceptors (Lipinski definition) is 3. The van der Waals surface area contributed by atoms with E-state index >= 15 is 0 Å². The van der Waals surface area contributed by atoms with Crippen molar-refractivity contribution in [1.29, 1.82) is 0 Å². The van der Waals surface area contributed by atoms with Crippen LogP contribution in [0.2, 0.25) is 0 Å². The molecule has 1 unspecified atom stereocenters. The van der Waals surface area contributed by atoms with Crippen LogP contribution in [0.15, 0.2) is 78.9 Å². The van der Waals surface area contributed by atoms with Crippen LogP contribution in [-0.2, 0) is 0 Å². The zero-order valence-corrected chi connectivity index (χ0v) is 15.1. The quantitative estimate of drug-likeness (QED) is 0.571. The van der Waals surface area contributed by atoms with Gasteiger partial charge in [0.1, 0.15) is 0 Å². The molecule has 3 aromatic rings. The highest BCUT2D eigenvalue weighted by atomic mass is 16.4. The SMILES string of the molecule is CCC(Nc1ccc(C(=O)c2ccccc2C(=O)O)cc1)c1ccccc1. The molecule has 4 nitrogen and oxygen atoms in total. The number of carbonyl (C=O) groups excluding carboxylic acids is 1. The zero-order chi connectivity index (χ0) is 19.2. The van der Waals surface area contributed by atoms with Gasteiger partial charge in [0.25, 0.3) is 0 Å². The first kappa shape index (κ1) is 18.4. The van der Waals surface area contributed by atoms with Crippen LogP contribution in [0.4, 0.5) is 5.69 Å². The minimum atomic E-state index is -1.11. The number of anilines is 1. The van der Waals surface area contributed by atoms with Crippen molar-refractivity contribution in [3.63, 3.8) is 0 Å². The van der Waals surface area contributed by atoms with Gasteiger partial charge in [-0.25, -0.2) is 4.79 Å². The van der Waals surface area contributed by atoms with E-state index in [9.17, 15) is 14.7 Å². The van der Waals surface area contributed by atoms with Crippen LogP contribution in [-0.4, -0.2) is 16.9 Å². The average Bonchev–Trinajstić information content (AvgIpc) is 2.72. The lowest BCUT2D eigenvalue weighted by molar-refractivity contribution is 0.0693. The van der Waals surface area contributed by atoms with Gasteiger partial charge in [0.15, 0.2) is 5.78 Å². The maximum atomic E-state index is 12.7. The number of carboxylic acids is 1. The fourth-order valence-electron chi connectivity index (χ4n) is 3.05. The molecule has 2 N–H and O–H groups in total. The Kier molecular flexibility index (Phi) is 5.67. The van der Waals surface area contributed by atoms with Crippen molar-refractivity contribution in [2.24, 2.45) is 0 Å². The predicted molar refractivity (Wildman–Crippen MR) is 106 cm³/mol. The van der Waals surface area contributed by atoms with E-state index in [4.69, 9.17) is 0 Å². The van der Waals surface area contributed by atoms with Gasteiger partial charge in [0.05, 0.1) is 11.6 Å². The fraction of sp³-hybridized carbons (Fsp3) is 0.130. The number of ketones is 1. The van der Waals surface area contributed by atoms with Crippen LogP contribution in [0.25, 0.3) is 0 Å². The third-order valence-electron chi connectivity index (χ3n) is 4.50. The average molecular weight is 359 g/mol. The topological polar surface area (TPSA) is 66.4 Å². The summed E-state index contributed by atoms with van der Waals surface area (Å²) in [5, 5.41) is 12.8. The van der Waals surface area contributed by atoms with Crippen molar-refractivity contribution in [3.8, 4) is 0 Å². The van der Waals surface area contributed by atoms with Gasteiger partial charge in [0, 0.05) is 16.8 Å². The van der Waals surface area contributed by atoms with Gasteiger partial charge < -0.3 is 10.4 Å². The molecule has 0 aliphatic rings. The normalized spacial score (nSPS) is 11.6. The monoisotopic (exact) mass is 359 g/mol. The number of benzene rings is 3. The molecule has 0 aromatic heterocycles. The molecule has 0 saturated carbocycles. The van der Waals surface area contributed by atoms with Crippen LogP contribution in [0.3, 0.4) is 0 Å². The molecule has 27 heavy (non-hydrogen) atoms. The van der Waals surface area contributed by atoms with Crippen LogP contribution in [0, 0.1) is 0 Å². The Morgan fingerprint density at radius 1 is 0.852 bits per heavy atom. The molecule has 1 atom stereocenters. The Morgan fingerprint density at radius 3 is 2.04 bits per heavy atom. The second-order valence-electron chi connectivity index (χ2n) is 6.27. The minimum Gasteiger partial charge on any atom is -0.478 e. The zero-order valence-electron chi connectivity index (χ0n) is 15.1. The number of carbonyl (C=O) groups is 2. The smallest absolute Gasteiger partial charge is 0.336 e. The number of rotatable bonds is 7. The van der Waals surface area contributed by atoms with Crippen molar-refractivity contribution in [3.05, 3.63) is 101 Å². The lowest BCUT2D eigenvalue weighted by Gasteiger charge is -2.19. The van der Waals surface area contributed by atoms with E-state index in [0.717, 1.165) is 12.1 Å². The maximum Gasteiger partial charge on any atom is 0.336 e. The molecule has 136 valence electrons. The van der Waals surface area contributed by atoms with E-state index in [2.05, 4.69) is 24.4 Å². The highest BCUT2D eigenvalue weighted by molar-refractivity contribution is 6.14. The molecule has 0 fully saturated rings. The van der Waals surface area contributed by atoms with Crippen molar-refractivity contribution in [1.82, 2.24) is 0 Å². The first-order valence-corrected chi connectivity index (χ1v) is 8.88. The van der Waals surface area contributed by atoms with Gasteiger partial charge in [-0.3, -0.25) is 4.79 Å². The maximum absolute atomic E-state index is 12.7. The molecule has 0 saturated heterocycles. The Hall–Kier alpha value is -3.40. The van der Waals surface area contributed by atoms with Gasteiger partial charge in [-0.1, -0.05) is 55.5 Å². The summed E-state index contributed by atoms with van der Waals surface area (Å²) < 4.78 is 0. The molecule has 0 aliphatic heterocycles. The van der Waals surface area contributed by atoms with Crippen molar-refractivity contribution < 1.29 is 14.7 Å². The molecule has 0 spiro atoms. The summed E-state index contributed by atoms with van der Waals surface area (Å²) in [5.41, 5.74) is 2.78. The van der Waals surface area contributed by atoms with Crippen LogP contribution in [0.1, 0.15) is 51.2 Å². The standard InChI is InChI=1S/C23H21NO3/c1-2-21(16-8-4-3-5-9-16)24-18-14-12-17(13-15-18)22(25)19-10-6-7-11-20(19)23(26)27/h3-15,21,24H,2H2,1H3,(H,26,27). The molecule has 0 radical (unpaired) electrons. The molecular formula is C23H21NO3. The number of carboxylic acid groups (broad SMARTS) is 1. The van der Waals surface area contributed by atoms with Gasteiger partial charge in [-0.2, -0.15) is 0 Å². The van der Waals surface area contributed by atoms with E-state index in [0.29, 0.717) is 5.56 Å². The van der Waals surface area contributed by atoms with Crippen molar-refractivity contribution in [2.75, 3.05) is 5.32 Å². The molecular weight excluding hydrogens is 338 g/mol. The van der Waals surface area contributed by atoms with E-state index in [1.54, 1.807) is 30.3 Å². The molecule has 0 heterocycles. The van der Waals surface area contributed by atoms with Crippen LogP contribution in [0.5, 0.6) is 0 Å². The van der Waals surface area contributed by atoms with E-state index < -0.39 is 5.97 Å². The Bertz CT molecular complexity index is 933. The van der Waals surface area contributed by atoms with E-state index in [-0.39, 0.29) is 23.0 Å². The number of hydrogen-bond donors (Lipinski definition) is 2. The summed E-state index contributed by atoms with van der Waals surface area (Å²) in [4.78, 5) is 24.0. The summed E-state index contributed by atoms with van der Waals surface area (Å²) in [7, 11) is 0. The third kappa shape index (κ3) is 4.23. The van der Waals surface area contributed by atoms with Gasteiger partial charge in [-0.15, -0.1) is 0 Å². The lowest BCUT2D eigenvalue weighted by atomic mass is 9.98. The second kappa shape index (κ2) is 8.32. The van der Waals surface area contributed by atoms with Gasteiger partial charge in [-0.05, 0) is 42.3 Å². The number of nitrogens with one attached hydrogen (secondary N) is 1. The third-order valence-corrected chi connectivity index (χ3v) is 4.50. The highest BCUT2D eigenvalue weighted by Gasteiger charge is 2.17. The highest BCUT2D eigenvalue weighted by Crippen LogP contribution is 2.23. The molecule has 3 rings (SSSR count). The molecule has 3 aromatic carbocycles. The summed E-state index contributed by atoms with van der Waals surface area (Å²) in [6, 6.07) is 23.8. The number of aromatic carboxylic acids is 1. The molecule has 0 aliphatic carbocycles. The minimum absolute atomic E-state index is 0.0137. The van der Waals surface area contributed by atoms with E-state index in [1.807, 2.05) is 30.3 Å². The Labute approximate surface area is 158 Å². The van der Waals surface area contributed by atoms with Gasteiger partial charge >= 0.3 is 5.97 Å². The fourth-order valence-corrected chi connectivity index (χ4v) is 3.05. The lowest BCUT2D eigenvalue weighted by Crippen LogP contribution is -2.11. The first-order chi connectivity index (χ1) is 13.1. The molecule has 0 bridgehead atoms. The summed E-state index contributed by atoms with van der Waals surface area (Å²) in [6.07, 6.45) is 0.927. The predicted octanol–water partition coefficient (Wildman–Crippen LogP) is 5.18. The Balaban J connectivity index is 1.79. The Morgan fingerprint density at radius 2 is 1.44 bits per heavy atom. The van der Waals surface area contributed by atoms with E-state index in [1.165, 1.54) is 11.6 Å². The second-order valence-corrected chi connectivity index (χ2v) is 6.27. The first-order valence-electron chi connectivity index (χ1n) is 8.88. The molecule has 4 heteroatoms. The summed E-state index contributed by atoms with van der Waals surface area (Å²) >= 11 is 0. The van der Waals surface area contributed by atoms with Crippen LogP contribution < -0.4 is 5.32 Å². The van der Waals surface area contributed by atoms with Gasteiger partial charge in [0.2, 0.25) is 0 Å². The van der Waals surface area contributed by atoms with Crippen LogP contribution >= 0.6 is 0 Å². The van der Waals surface area contributed by atoms with Crippen molar-refractivity contribution >= 4 is 17.4 Å².